The van der Waals surface area contributed by atoms with Gasteiger partial charge in [-0.2, -0.15) is 0 Å². The molecule has 1 heterocycles. The van der Waals surface area contributed by atoms with Crippen molar-refractivity contribution in [3.8, 4) is 0 Å². The lowest BCUT2D eigenvalue weighted by Gasteiger charge is -2.23. The topological polar surface area (TPSA) is 50.4 Å². The van der Waals surface area contributed by atoms with Crippen molar-refractivity contribution in [2.45, 2.75) is 6.04 Å². The van der Waals surface area contributed by atoms with Gasteiger partial charge in [0, 0.05) is 29.2 Å². The van der Waals surface area contributed by atoms with Gasteiger partial charge in [0.05, 0.1) is 13.2 Å². The number of carbonyl (C=O) groups is 1. The first-order valence-corrected chi connectivity index (χ1v) is 6.40. The minimum Gasteiger partial charge on any atom is -0.378 e. The van der Waals surface area contributed by atoms with Crippen molar-refractivity contribution in [3.63, 3.8) is 0 Å². The highest BCUT2D eigenvalue weighted by Crippen LogP contribution is 2.10. The Bertz CT molecular complexity index is 375. The Morgan fingerprint density at radius 1 is 1.47 bits per heavy atom. The Hall–Kier alpha value is -0.910. The average Bonchev–Trinajstić information content (AvgIpc) is 2.38. The number of benzene rings is 1. The second kappa shape index (κ2) is 6.14. The summed E-state index contributed by atoms with van der Waals surface area (Å²) in [5.74, 6) is -0.0510. The van der Waals surface area contributed by atoms with Gasteiger partial charge in [-0.3, -0.25) is 4.79 Å². The molecule has 17 heavy (non-hydrogen) atoms. The van der Waals surface area contributed by atoms with E-state index in [2.05, 4.69) is 26.6 Å². The van der Waals surface area contributed by atoms with Crippen molar-refractivity contribution in [2.75, 3.05) is 26.3 Å². The van der Waals surface area contributed by atoms with E-state index in [0.717, 1.165) is 17.6 Å². The largest absolute Gasteiger partial charge is 0.378 e. The van der Waals surface area contributed by atoms with Gasteiger partial charge < -0.3 is 15.4 Å². The second-order valence-electron chi connectivity index (χ2n) is 3.94. The second-order valence-corrected chi connectivity index (χ2v) is 4.86. The van der Waals surface area contributed by atoms with Crippen LogP contribution in [0.1, 0.15) is 10.4 Å². The number of hydrogen-bond donors (Lipinski definition) is 2. The number of halogens is 1. The molecule has 92 valence electrons. The SMILES string of the molecule is O=C(NCC1COCCN1)c1ccc(Br)cc1. The summed E-state index contributed by atoms with van der Waals surface area (Å²) in [6.07, 6.45) is 0. The van der Waals surface area contributed by atoms with E-state index in [4.69, 9.17) is 4.74 Å². The first-order valence-electron chi connectivity index (χ1n) is 5.60. The molecular weight excluding hydrogens is 284 g/mol. The Kier molecular flexibility index (Phi) is 4.53. The molecular formula is C12H15BrN2O2. The molecule has 0 radical (unpaired) electrons. The summed E-state index contributed by atoms with van der Waals surface area (Å²) >= 11 is 3.34. The molecule has 1 aromatic carbocycles. The van der Waals surface area contributed by atoms with Crippen LogP contribution >= 0.6 is 15.9 Å². The third-order valence-electron chi connectivity index (χ3n) is 2.61. The molecule has 1 aromatic rings. The predicted octanol–water partition coefficient (Wildman–Crippen LogP) is 1.17. The molecule has 2 rings (SSSR count). The van der Waals surface area contributed by atoms with Gasteiger partial charge in [-0.1, -0.05) is 15.9 Å². The number of morpholine rings is 1. The number of amides is 1. The Morgan fingerprint density at radius 2 is 2.24 bits per heavy atom. The molecule has 0 bridgehead atoms. The van der Waals surface area contributed by atoms with E-state index in [0.29, 0.717) is 18.7 Å². The number of carbonyl (C=O) groups excluding carboxylic acids is 1. The Labute approximate surface area is 109 Å². The fourth-order valence-corrected chi connectivity index (χ4v) is 1.93. The molecule has 0 aliphatic carbocycles. The van der Waals surface area contributed by atoms with Crippen molar-refractivity contribution in [1.82, 2.24) is 10.6 Å². The zero-order valence-corrected chi connectivity index (χ0v) is 11.0. The summed E-state index contributed by atoms with van der Waals surface area (Å²) in [7, 11) is 0. The van der Waals surface area contributed by atoms with E-state index in [1.807, 2.05) is 12.1 Å². The molecule has 0 spiro atoms. The molecule has 1 aliphatic heterocycles. The van der Waals surface area contributed by atoms with Crippen molar-refractivity contribution >= 4 is 21.8 Å². The lowest BCUT2D eigenvalue weighted by molar-refractivity contribution is 0.0734. The van der Waals surface area contributed by atoms with Crippen LogP contribution in [0.3, 0.4) is 0 Å². The van der Waals surface area contributed by atoms with E-state index in [1.54, 1.807) is 12.1 Å². The van der Waals surface area contributed by atoms with Crippen LogP contribution in [0.2, 0.25) is 0 Å². The first kappa shape index (κ1) is 12.5. The minimum absolute atomic E-state index is 0.0510. The zero-order valence-electron chi connectivity index (χ0n) is 9.41. The lowest BCUT2D eigenvalue weighted by atomic mass is 10.2. The fourth-order valence-electron chi connectivity index (χ4n) is 1.67. The molecule has 0 saturated carbocycles. The van der Waals surface area contributed by atoms with Gasteiger partial charge in [-0.15, -0.1) is 0 Å². The van der Waals surface area contributed by atoms with Gasteiger partial charge >= 0.3 is 0 Å². The van der Waals surface area contributed by atoms with E-state index >= 15 is 0 Å². The summed E-state index contributed by atoms with van der Waals surface area (Å²) in [6.45, 7) is 2.84. The van der Waals surface area contributed by atoms with Gasteiger partial charge in [-0.25, -0.2) is 0 Å². The molecule has 1 fully saturated rings. The molecule has 1 saturated heterocycles. The quantitative estimate of drug-likeness (QED) is 0.881. The molecule has 0 aromatic heterocycles. The van der Waals surface area contributed by atoms with Gasteiger partial charge in [0.25, 0.3) is 5.91 Å². The zero-order chi connectivity index (χ0) is 12.1. The van der Waals surface area contributed by atoms with Gasteiger partial charge in [0.2, 0.25) is 0 Å². The normalized spacial score (nSPS) is 19.9. The summed E-state index contributed by atoms with van der Waals surface area (Å²) in [6, 6.07) is 7.52. The fraction of sp³-hybridized carbons (Fsp3) is 0.417. The van der Waals surface area contributed by atoms with Crippen LogP contribution in [0.5, 0.6) is 0 Å². The third kappa shape index (κ3) is 3.80. The van der Waals surface area contributed by atoms with Crippen LogP contribution in [0.15, 0.2) is 28.7 Å². The smallest absolute Gasteiger partial charge is 0.251 e. The summed E-state index contributed by atoms with van der Waals surface area (Å²) in [5, 5.41) is 6.18. The number of rotatable bonds is 3. The lowest BCUT2D eigenvalue weighted by Crippen LogP contribution is -2.48. The van der Waals surface area contributed by atoms with E-state index in [1.165, 1.54) is 0 Å². The molecule has 2 N–H and O–H groups in total. The van der Waals surface area contributed by atoms with Crippen molar-refractivity contribution in [1.29, 1.82) is 0 Å². The highest BCUT2D eigenvalue weighted by atomic mass is 79.9. The van der Waals surface area contributed by atoms with Gasteiger partial charge in [0.1, 0.15) is 0 Å². The van der Waals surface area contributed by atoms with Crippen LogP contribution in [0.25, 0.3) is 0 Å². The average molecular weight is 299 g/mol. The molecule has 1 atom stereocenters. The highest BCUT2D eigenvalue weighted by molar-refractivity contribution is 9.10. The predicted molar refractivity (Wildman–Crippen MR) is 69.1 cm³/mol. The molecule has 5 heteroatoms. The first-order chi connectivity index (χ1) is 8.25. The van der Waals surface area contributed by atoms with E-state index in [-0.39, 0.29) is 11.9 Å². The molecule has 4 nitrogen and oxygen atoms in total. The summed E-state index contributed by atoms with van der Waals surface area (Å²) in [4.78, 5) is 11.8. The van der Waals surface area contributed by atoms with E-state index in [9.17, 15) is 4.79 Å². The molecule has 1 unspecified atom stereocenters. The van der Waals surface area contributed by atoms with Crippen LogP contribution in [-0.4, -0.2) is 38.3 Å². The molecule has 1 amide bonds. The van der Waals surface area contributed by atoms with Crippen LogP contribution < -0.4 is 10.6 Å². The van der Waals surface area contributed by atoms with Crippen LogP contribution in [0.4, 0.5) is 0 Å². The standard InChI is InChI=1S/C12H15BrN2O2/c13-10-3-1-9(2-4-10)12(16)15-7-11-8-17-6-5-14-11/h1-4,11,14H,5-8H2,(H,15,16). The Balaban J connectivity index is 1.82. The van der Waals surface area contributed by atoms with E-state index < -0.39 is 0 Å². The monoisotopic (exact) mass is 298 g/mol. The summed E-state index contributed by atoms with van der Waals surface area (Å²) < 4.78 is 6.28. The maximum absolute atomic E-state index is 11.8. The van der Waals surface area contributed by atoms with Gasteiger partial charge in [0.15, 0.2) is 0 Å². The van der Waals surface area contributed by atoms with Crippen molar-refractivity contribution in [3.05, 3.63) is 34.3 Å². The van der Waals surface area contributed by atoms with Gasteiger partial charge in [-0.05, 0) is 24.3 Å². The number of hydrogen-bond acceptors (Lipinski definition) is 3. The minimum atomic E-state index is -0.0510. The summed E-state index contributed by atoms with van der Waals surface area (Å²) in [5.41, 5.74) is 0.671. The number of ether oxygens (including phenoxy) is 1. The maximum atomic E-state index is 11.8. The Morgan fingerprint density at radius 3 is 2.88 bits per heavy atom. The molecule has 1 aliphatic rings. The third-order valence-corrected chi connectivity index (χ3v) is 3.14. The van der Waals surface area contributed by atoms with Crippen molar-refractivity contribution < 1.29 is 9.53 Å². The highest BCUT2D eigenvalue weighted by Gasteiger charge is 2.14. The van der Waals surface area contributed by atoms with Crippen LogP contribution in [-0.2, 0) is 4.74 Å². The number of nitrogens with one attached hydrogen (secondary N) is 2. The maximum Gasteiger partial charge on any atom is 0.251 e. The van der Waals surface area contributed by atoms with Crippen molar-refractivity contribution in [2.24, 2.45) is 0 Å². The van der Waals surface area contributed by atoms with Crippen LogP contribution in [0, 0.1) is 0 Å².